The summed E-state index contributed by atoms with van der Waals surface area (Å²) in [5.41, 5.74) is 1.50. The molecule has 0 bridgehead atoms. The molecule has 1 atom stereocenters. The van der Waals surface area contributed by atoms with Crippen LogP contribution in [0.3, 0.4) is 0 Å². The third-order valence-corrected chi connectivity index (χ3v) is 4.11. The molecule has 0 aliphatic heterocycles. The van der Waals surface area contributed by atoms with Crippen LogP contribution in [-0.2, 0) is 11.0 Å². The number of aromatic nitrogens is 1. The maximum absolute atomic E-state index is 12.0. The van der Waals surface area contributed by atoms with Gasteiger partial charge in [-0.05, 0) is 39.8 Å². The summed E-state index contributed by atoms with van der Waals surface area (Å²) in [7, 11) is -1.30. The van der Waals surface area contributed by atoms with Crippen molar-refractivity contribution in [1.82, 2.24) is 4.98 Å². The fourth-order valence-electron chi connectivity index (χ4n) is 1.46. The van der Waals surface area contributed by atoms with E-state index in [2.05, 4.69) is 9.38 Å². The second kappa shape index (κ2) is 5.71. The summed E-state index contributed by atoms with van der Waals surface area (Å²) < 4.78 is 21.5. The summed E-state index contributed by atoms with van der Waals surface area (Å²) in [5.74, 6) is 1.08. The van der Waals surface area contributed by atoms with Gasteiger partial charge in [-0.2, -0.15) is 4.40 Å². The lowest BCUT2D eigenvalue weighted by molar-refractivity contribution is 0.565. The Bertz CT molecular complexity index is 639. The van der Waals surface area contributed by atoms with Gasteiger partial charge in [0.15, 0.2) is 5.76 Å². The molecule has 0 saturated heterocycles. The number of hydrogen-bond acceptors (Lipinski definition) is 3. The average Bonchev–Trinajstić information content (AvgIpc) is 2.88. The highest BCUT2D eigenvalue weighted by Gasteiger charge is 2.20. The van der Waals surface area contributed by atoms with Gasteiger partial charge in [0.05, 0.1) is 16.7 Å². The molecule has 0 N–H and O–H groups in total. The van der Waals surface area contributed by atoms with Crippen LogP contribution in [0.1, 0.15) is 33.5 Å². The Balaban J connectivity index is 2.25. The number of nitrogens with zero attached hydrogens (tertiary/aromatic N) is 2. The zero-order chi connectivity index (χ0) is 14.8. The molecular formula is C15H18N2O2S. The fraction of sp³-hybridized carbons (Fsp3) is 0.333. The fourth-order valence-corrected chi connectivity index (χ4v) is 2.07. The summed E-state index contributed by atoms with van der Waals surface area (Å²) in [4.78, 5) is 4.23. The number of benzene rings is 1. The Hall–Kier alpha value is -1.75. The predicted octanol–water partition coefficient (Wildman–Crippen LogP) is 3.61. The van der Waals surface area contributed by atoms with E-state index in [1.807, 2.05) is 51.1 Å². The minimum atomic E-state index is -1.30. The molecule has 106 valence electrons. The largest absolute Gasteiger partial charge is 0.435 e. The van der Waals surface area contributed by atoms with Crippen molar-refractivity contribution in [2.45, 2.75) is 32.4 Å². The molecule has 1 aromatic carbocycles. The van der Waals surface area contributed by atoms with Gasteiger partial charge < -0.3 is 4.42 Å². The predicted molar refractivity (Wildman–Crippen MR) is 82.0 cm³/mol. The lowest BCUT2D eigenvalue weighted by atomic mass is 10.2. The van der Waals surface area contributed by atoms with Gasteiger partial charge in [-0.25, -0.2) is 9.19 Å². The molecule has 5 heteroatoms. The van der Waals surface area contributed by atoms with Crippen LogP contribution in [0, 0.1) is 0 Å². The Morgan fingerprint density at radius 3 is 2.50 bits per heavy atom. The number of oxazole rings is 1. The molecule has 0 unspecified atom stereocenters. The van der Waals surface area contributed by atoms with Crippen molar-refractivity contribution in [1.29, 1.82) is 0 Å². The first-order valence-electron chi connectivity index (χ1n) is 6.37. The average molecular weight is 290 g/mol. The molecule has 0 fully saturated rings. The molecule has 0 radical (unpaired) electrons. The third-order valence-electron chi connectivity index (χ3n) is 2.63. The van der Waals surface area contributed by atoms with Gasteiger partial charge in [-0.3, -0.25) is 0 Å². The van der Waals surface area contributed by atoms with Gasteiger partial charge in [0.2, 0.25) is 5.89 Å². The van der Waals surface area contributed by atoms with Gasteiger partial charge in [0.1, 0.15) is 11.0 Å². The van der Waals surface area contributed by atoms with Gasteiger partial charge in [0, 0.05) is 5.56 Å². The first kappa shape index (κ1) is 14.7. The van der Waals surface area contributed by atoms with Gasteiger partial charge >= 0.3 is 0 Å². The van der Waals surface area contributed by atoms with Crippen molar-refractivity contribution in [3.8, 4) is 11.5 Å². The highest BCUT2D eigenvalue weighted by atomic mass is 32.2. The first-order valence-corrected chi connectivity index (χ1v) is 7.47. The quantitative estimate of drug-likeness (QED) is 0.811. The van der Waals surface area contributed by atoms with E-state index in [1.54, 1.807) is 13.1 Å². The molecule has 0 spiro atoms. The second-order valence-corrected chi connectivity index (χ2v) is 7.34. The number of hydrogen-bond donors (Lipinski definition) is 0. The Kier molecular flexibility index (Phi) is 4.18. The minimum absolute atomic E-state index is 0.385. The number of rotatable bonds is 3. The second-order valence-electron chi connectivity index (χ2n) is 5.43. The molecule has 1 aromatic heterocycles. The van der Waals surface area contributed by atoms with E-state index in [-0.39, 0.29) is 4.75 Å². The SMILES string of the molecule is C/C(=N\[S@](=O)C(C)(C)C)c1cnc(-c2ccccc2)o1. The zero-order valence-corrected chi connectivity index (χ0v) is 12.9. The molecule has 0 aliphatic carbocycles. The van der Waals surface area contributed by atoms with Crippen molar-refractivity contribution in [2.24, 2.45) is 4.40 Å². The molecule has 0 saturated carbocycles. The standard InChI is InChI=1S/C15H18N2O2S/c1-11(17-20(18)15(2,3)4)13-10-16-14(19-13)12-8-6-5-7-9-12/h5-10H,1-4H3/b17-11+/t20-/m1/s1. The summed E-state index contributed by atoms with van der Waals surface area (Å²) in [5, 5.41) is 0. The van der Waals surface area contributed by atoms with Gasteiger partial charge in [-0.1, -0.05) is 18.2 Å². The van der Waals surface area contributed by atoms with E-state index in [9.17, 15) is 4.21 Å². The van der Waals surface area contributed by atoms with Crippen LogP contribution in [-0.4, -0.2) is 19.7 Å². The molecule has 2 aromatic rings. The highest BCUT2D eigenvalue weighted by Crippen LogP contribution is 2.20. The third kappa shape index (κ3) is 3.42. The maximum Gasteiger partial charge on any atom is 0.226 e. The van der Waals surface area contributed by atoms with Crippen LogP contribution in [0.4, 0.5) is 0 Å². The van der Waals surface area contributed by atoms with Crippen molar-refractivity contribution >= 4 is 16.7 Å². The molecule has 20 heavy (non-hydrogen) atoms. The van der Waals surface area contributed by atoms with Crippen molar-refractivity contribution in [3.63, 3.8) is 0 Å². The maximum atomic E-state index is 12.0. The van der Waals surface area contributed by atoms with E-state index >= 15 is 0 Å². The van der Waals surface area contributed by atoms with Crippen LogP contribution >= 0.6 is 0 Å². The molecule has 2 rings (SSSR count). The minimum Gasteiger partial charge on any atom is -0.435 e. The van der Waals surface area contributed by atoms with E-state index in [0.29, 0.717) is 17.4 Å². The van der Waals surface area contributed by atoms with E-state index < -0.39 is 11.0 Å². The van der Waals surface area contributed by atoms with Crippen molar-refractivity contribution < 1.29 is 8.63 Å². The summed E-state index contributed by atoms with van der Waals surface area (Å²) in [6.07, 6.45) is 1.61. The Morgan fingerprint density at radius 1 is 1.25 bits per heavy atom. The lowest BCUT2D eigenvalue weighted by Crippen LogP contribution is -2.20. The molecule has 4 nitrogen and oxygen atoms in total. The zero-order valence-electron chi connectivity index (χ0n) is 12.1. The highest BCUT2D eigenvalue weighted by molar-refractivity contribution is 7.85. The van der Waals surface area contributed by atoms with Crippen LogP contribution in [0.25, 0.3) is 11.5 Å². The van der Waals surface area contributed by atoms with Crippen molar-refractivity contribution in [2.75, 3.05) is 0 Å². The van der Waals surface area contributed by atoms with E-state index in [4.69, 9.17) is 4.42 Å². The summed E-state index contributed by atoms with van der Waals surface area (Å²) >= 11 is 0. The Morgan fingerprint density at radius 2 is 1.90 bits per heavy atom. The van der Waals surface area contributed by atoms with E-state index in [0.717, 1.165) is 5.56 Å². The van der Waals surface area contributed by atoms with E-state index in [1.165, 1.54) is 0 Å². The van der Waals surface area contributed by atoms with Crippen LogP contribution < -0.4 is 0 Å². The molecule has 0 aliphatic rings. The van der Waals surface area contributed by atoms with Crippen molar-refractivity contribution in [3.05, 3.63) is 42.3 Å². The lowest BCUT2D eigenvalue weighted by Gasteiger charge is -2.13. The molecule has 0 amide bonds. The van der Waals surface area contributed by atoms with Crippen LogP contribution in [0.5, 0.6) is 0 Å². The first-order chi connectivity index (χ1) is 9.38. The van der Waals surface area contributed by atoms with Gasteiger partial charge in [-0.15, -0.1) is 0 Å². The smallest absolute Gasteiger partial charge is 0.226 e. The monoisotopic (exact) mass is 290 g/mol. The summed E-state index contributed by atoms with van der Waals surface area (Å²) in [6, 6.07) is 9.64. The van der Waals surface area contributed by atoms with Gasteiger partial charge in [0.25, 0.3) is 0 Å². The van der Waals surface area contributed by atoms with Crippen LogP contribution in [0.15, 0.2) is 45.3 Å². The summed E-state index contributed by atoms with van der Waals surface area (Å²) in [6.45, 7) is 7.43. The topological polar surface area (TPSA) is 55.5 Å². The molecule has 1 heterocycles. The van der Waals surface area contributed by atoms with Crippen LogP contribution in [0.2, 0.25) is 0 Å². The molecular weight excluding hydrogens is 272 g/mol. The normalized spacial score (nSPS) is 14.3. The Labute approximate surface area is 121 Å².